The van der Waals surface area contributed by atoms with E-state index in [0.29, 0.717) is 0 Å². The van der Waals surface area contributed by atoms with Crippen LogP contribution in [0.15, 0.2) is 35.3 Å². The molecule has 2 aromatic rings. The van der Waals surface area contributed by atoms with E-state index in [1.54, 1.807) is 24.3 Å². The molecule has 0 amide bonds. The van der Waals surface area contributed by atoms with Crippen LogP contribution in [0.5, 0.6) is 0 Å². The maximum Gasteiger partial charge on any atom is 0.423 e. The van der Waals surface area contributed by atoms with Crippen molar-refractivity contribution in [1.29, 1.82) is 0 Å². The maximum absolute atomic E-state index is 13.2. The molecule has 2 N–H and O–H groups in total. The van der Waals surface area contributed by atoms with Crippen molar-refractivity contribution in [2.24, 2.45) is 0 Å². The molecule has 22 heavy (non-hydrogen) atoms. The van der Waals surface area contributed by atoms with Gasteiger partial charge in [0, 0.05) is 6.54 Å². The summed E-state index contributed by atoms with van der Waals surface area (Å²) in [6, 6.07) is 6.43. The van der Waals surface area contributed by atoms with Crippen LogP contribution in [0, 0.1) is 0 Å². The number of hydrogen-bond acceptors (Lipinski definition) is 4. The van der Waals surface area contributed by atoms with E-state index in [1.165, 1.54) is 4.90 Å². The van der Waals surface area contributed by atoms with E-state index in [2.05, 4.69) is 5.10 Å². The first kappa shape index (κ1) is 14.6. The Kier molecular flexibility index (Phi) is 3.40. The molecule has 1 aliphatic heterocycles. The number of alkyl halides is 3. The Bertz CT molecular complexity index is 757. The highest BCUT2D eigenvalue weighted by Crippen LogP contribution is 2.41. The Balaban J connectivity index is 2.14. The summed E-state index contributed by atoms with van der Waals surface area (Å²) in [4.78, 5) is 12.9. The molecular weight excluding hydrogens is 299 g/mol. The second-order valence-electron chi connectivity index (χ2n) is 4.98. The van der Waals surface area contributed by atoms with Gasteiger partial charge in [-0.05, 0) is 11.1 Å². The van der Waals surface area contributed by atoms with E-state index >= 15 is 0 Å². The molecule has 1 aliphatic rings. The van der Waals surface area contributed by atoms with Crippen molar-refractivity contribution in [3.05, 3.63) is 57.5 Å². The second kappa shape index (κ2) is 5.13. The zero-order valence-electron chi connectivity index (χ0n) is 11.3. The van der Waals surface area contributed by atoms with Gasteiger partial charge in [-0.3, -0.25) is 4.79 Å². The summed E-state index contributed by atoms with van der Waals surface area (Å²) in [5.41, 5.74) is -1.36. The van der Waals surface area contributed by atoms with Crippen LogP contribution in [-0.2, 0) is 12.7 Å². The Morgan fingerprint density at radius 1 is 1.36 bits per heavy atom. The number of aromatic nitrogens is 2. The van der Waals surface area contributed by atoms with Crippen molar-refractivity contribution in [2.75, 3.05) is 11.5 Å². The van der Waals surface area contributed by atoms with Crippen molar-refractivity contribution in [3.63, 3.8) is 0 Å². The van der Waals surface area contributed by atoms with Crippen LogP contribution >= 0.6 is 0 Å². The fourth-order valence-electron chi connectivity index (χ4n) is 2.80. The predicted octanol–water partition coefficient (Wildman–Crippen LogP) is 1.84. The molecule has 3 rings (SSSR count). The topological polar surface area (TPSA) is 69.2 Å². The molecule has 0 aliphatic carbocycles. The lowest BCUT2D eigenvalue weighted by atomic mass is 10.1. The zero-order valence-corrected chi connectivity index (χ0v) is 11.3. The highest BCUT2D eigenvalue weighted by atomic mass is 19.4. The van der Waals surface area contributed by atoms with Crippen molar-refractivity contribution in [3.8, 4) is 0 Å². The molecule has 8 heteroatoms. The van der Waals surface area contributed by atoms with E-state index < -0.39 is 23.3 Å². The molecular formula is C14H12F3N3O2. The number of aromatic amines is 1. The van der Waals surface area contributed by atoms with Gasteiger partial charge in [0.1, 0.15) is 5.56 Å². The van der Waals surface area contributed by atoms with E-state index in [9.17, 15) is 23.1 Å². The monoisotopic (exact) mass is 311 g/mol. The minimum Gasteiger partial charge on any atom is -0.394 e. The Labute approximate surface area is 123 Å². The van der Waals surface area contributed by atoms with Gasteiger partial charge in [0.05, 0.1) is 24.5 Å². The molecule has 1 unspecified atom stereocenters. The van der Waals surface area contributed by atoms with Gasteiger partial charge in [-0.2, -0.15) is 18.3 Å². The number of aliphatic hydroxyl groups excluding tert-OH is 1. The first-order chi connectivity index (χ1) is 10.4. The fourth-order valence-corrected chi connectivity index (χ4v) is 2.80. The second-order valence-corrected chi connectivity index (χ2v) is 4.98. The van der Waals surface area contributed by atoms with Gasteiger partial charge in [-0.15, -0.1) is 0 Å². The van der Waals surface area contributed by atoms with E-state index in [0.717, 1.165) is 17.3 Å². The minimum atomic E-state index is -4.80. The number of aliphatic hydroxyl groups is 1. The summed E-state index contributed by atoms with van der Waals surface area (Å²) in [5.74, 6) is 0. The summed E-state index contributed by atoms with van der Waals surface area (Å²) < 4.78 is 39.6. The molecule has 1 aromatic heterocycles. The van der Waals surface area contributed by atoms with E-state index in [1.807, 2.05) is 5.10 Å². The molecule has 1 aromatic carbocycles. The number of benzene rings is 1. The Morgan fingerprint density at radius 3 is 2.77 bits per heavy atom. The van der Waals surface area contributed by atoms with Crippen LogP contribution < -0.4 is 10.5 Å². The van der Waals surface area contributed by atoms with Crippen molar-refractivity contribution >= 4 is 5.69 Å². The summed E-state index contributed by atoms with van der Waals surface area (Å²) >= 11 is 0. The standard InChI is InChI=1S/C14H12F3N3O2/c15-14(16,17)12-10(5-18-19-13(12)22)20-6-8-3-1-2-4-9(8)11(20)7-21/h1-5,11,21H,6-7H2,(H,19,22). The maximum atomic E-state index is 13.2. The Hall–Kier alpha value is -2.35. The number of nitrogens with zero attached hydrogens (tertiary/aromatic N) is 2. The highest BCUT2D eigenvalue weighted by Gasteiger charge is 2.41. The first-order valence-electron chi connectivity index (χ1n) is 6.53. The number of halogens is 3. The van der Waals surface area contributed by atoms with Gasteiger partial charge in [0.15, 0.2) is 0 Å². The van der Waals surface area contributed by atoms with Crippen LogP contribution in [-0.4, -0.2) is 21.9 Å². The van der Waals surface area contributed by atoms with Crippen LogP contribution in [0.3, 0.4) is 0 Å². The smallest absolute Gasteiger partial charge is 0.394 e. The number of H-pyrrole nitrogens is 1. The van der Waals surface area contributed by atoms with Gasteiger partial charge < -0.3 is 10.0 Å². The normalized spacial score (nSPS) is 17.6. The number of fused-ring (bicyclic) bond motifs is 1. The van der Waals surface area contributed by atoms with Crippen molar-refractivity contribution in [2.45, 2.75) is 18.8 Å². The number of nitrogens with one attached hydrogen (secondary N) is 1. The molecule has 0 saturated carbocycles. The molecule has 0 saturated heterocycles. The number of rotatable bonds is 2. The van der Waals surface area contributed by atoms with Gasteiger partial charge in [-0.25, -0.2) is 5.10 Å². The average Bonchev–Trinajstić information content (AvgIpc) is 2.84. The van der Waals surface area contributed by atoms with Crippen LogP contribution in [0.4, 0.5) is 18.9 Å². The molecule has 2 heterocycles. The largest absolute Gasteiger partial charge is 0.423 e. The first-order valence-corrected chi connectivity index (χ1v) is 6.53. The van der Waals surface area contributed by atoms with Crippen LogP contribution in [0.25, 0.3) is 0 Å². The predicted molar refractivity (Wildman–Crippen MR) is 72.3 cm³/mol. The summed E-state index contributed by atoms with van der Waals surface area (Å²) in [5, 5.41) is 14.9. The lowest BCUT2D eigenvalue weighted by Crippen LogP contribution is -2.31. The lowest BCUT2D eigenvalue weighted by Gasteiger charge is -2.27. The molecule has 1 atom stereocenters. The molecule has 116 valence electrons. The third kappa shape index (κ3) is 2.25. The molecule has 5 nitrogen and oxygen atoms in total. The number of hydrogen-bond donors (Lipinski definition) is 2. The van der Waals surface area contributed by atoms with Crippen LogP contribution in [0.2, 0.25) is 0 Å². The van der Waals surface area contributed by atoms with E-state index in [4.69, 9.17) is 0 Å². The van der Waals surface area contributed by atoms with Gasteiger partial charge in [-0.1, -0.05) is 24.3 Å². The lowest BCUT2D eigenvalue weighted by molar-refractivity contribution is -0.138. The quantitative estimate of drug-likeness (QED) is 0.888. The van der Waals surface area contributed by atoms with Crippen molar-refractivity contribution < 1.29 is 18.3 Å². The minimum absolute atomic E-state index is 0.176. The molecule has 0 spiro atoms. The van der Waals surface area contributed by atoms with Gasteiger partial charge in [0.2, 0.25) is 0 Å². The summed E-state index contributed by atoms with van der Waals surface area (Å²) in [6.07, 6.45) is -3.83. The van der Waals surface area contributed by atoms with Crippen LogP contribution in [0.1, 0.15) is 22.7 Å². The molecule has 0 radical (unpaired) electrons. The average molecular weight is 311 g/mol. The van der Waals surface area contributed by atoms with Gasteiger partial charge in [0.25, 0.3) is 5.56 Å². The summed E-state index contributed by atoms with van der Waals surface area (Å²) in [7, 11) is 0. The third-order valence-electron chi connectivity index (χ3n) is 3.73. The van der Waals surface area contributed by atoms with E-state index in [-0.39, 0.29) is 18.8 Å². The molecule has 0 bridgehead atoms. The number of anilines is 1. The Morgan fingerprint density at radius 2 is 2.09 bits per heavy atom. The fraction of sp³-hybridized carbons (Fsp3) is 0.286. The molecule has 0 fully saturated rings. The van der Waals surface area contributed by atoms with Crippen molar-refractivity contribution in [1.82, 2.24) is 10.2 Å². The third-order valence-corrected chi connectivity index (χ3v) is 3.73. The van der Waals surface area contributed by atoms with Gasteiger partial charge >= 0.3 is 6.18 Å². The SMILES string of the molecule is O=c1[nH]ncc(N2Cc3ccccc3C2CO)c1C(F)(F)F. The zero-order chi connectivity index (χ0) is 15.9. The highest BCUT2D eigenvalue weighted by molar-refractivity contribution is 5.58. The summed E-state index contributed by atoms with van der Waals surface area (Å²) in [6.45, 7) is -0.184.